The van der Waals surface area contributed by atoms with Crippen molar-refractivity contribution in [1.82, 2.24) is 4.90 Å². The third kappa shape index (κ3) is 13.8. The number of aromatic carboxylic acids is 1. The van der Waals surface area contributed by atoms with Crippen LogP contribution in [0.4, 0.5) is 5.69 Å². The average molecular weight is 638 g/mol. The topological polar surface area (TPSA) is 225 Å². The van der Waals surface area contributed by atoms with Crippen molar-refractivity contribution in [2.45, 2.75) is 25.4 Å². The monoisotopic (exact) mass is 637 g/mol. The lowest BCUT2D eigenvalue weighted by Crippen LogP contribution is -2.39. The van der Waals surface area contributed by atoms with E-state index in [0.717, 1.165) is 42.6 Å². The highest BCUT2D eigenvalue weighted by Gasteiger charge is 2.20. The van der Waals surface area contributed by atoms with Crippen molar-refractivity contribution in [3.05, 3.63) is 83.4 Å². The first kappa shape index (κ1) is 35.3. The molecule has 1 saturated heterocycles. The van der Waals surface area contributed by atoms with Crippen LogP contribution in [0.15, 0.2) is 66.7 Å². The van der Waals surface area contributed by atoms with Crippen molar-refractivity contribution in [2.24, 2.45) is 5.73 Å². The number of carbonyl (C=O) groups excluding carboxylic acids is 1. The summed E-state index contributed by atoms with van der Waals surface area (Å²) in [6.45, 7) is 2.42. The van der Waals surface area contributed by atoms with E-state index in [1.165, 1.54) is 12.1 Å². The van der Waals surface area contributed by atoms with E-state index >= 15 is 0 Å². The summed E-state index contributed by atoms with van der Waals surface area (Å²) in [5.41, 5.74) is 8.79. The fourth-order valence-corrected chi connectivity index (χ4v) is 4.07. The SMILES string of the molecule is CS(=O)(=O)O.CS(=O)(=O)O.NC1CCN(Cc2ccc(O)c(C(=O)Nc3cc(-c4ccccc4)ccc3C(=O)O)c2)CC1. The first-order valence-electron chi connectivity index (χ1n) is 12.8. The van der Waals surface area contributed by atoms with Gasteiger partial charge in [0.1, 0.15) is 5.75 Å². The first-order valence-corrected chi connectivity index (χ1v) is 16.5. The number of nitrogens with two attached hydrogens (primary N) is 1. The molecule has 15 heteroatoms. The molecule has 3 aromatic carbocycles. The molecule has 0 aromatic heterocycles. The van der Waals surface area contributed by atoms with Crippen LogP contribution in [0.5, 0.6) is 5.75 Å². The Balaban J connectivity index is 0.000000559. The maximum absolute atomic E-state index is 13.1. The van der Waals surface area contributed by atoms with Crippen LogP contribution in [-0.2, 0) is 26.8 Å². The van der Waals surface area contributed by atoms with E-state index in [1.54, 1.807) is 24.3 Å². The Bertz CT molecular complexity index is 1580. The van der Waals surface area contributed by atoms with Crippen molar-refractivity contribution in [2.75, 3.05) is 30.9 Å². The predicted molar refractivity (Wildman–Crippen MR) is 162 cm³/mol. The number of likely N-dealkylation sites (tertiary alicyclic amines) is 1. The highest BCUT2D eigenvalue weighted by molar-refractivity contribution is 7.85. The lowest BCUT2D eigenvalue weighted by atomic mass is 10.0. The highest BCUT2D eigenvalue weighted by Crippen LogP contribution is 2.28. The van der Waals surface area contributed by atoms with Crippen LogP contribution >= 0.6 is 0 Å². The molecule has 0 bridgehead atoms. The van der Waals surface area contributed by atoms with Crippen LogP contribution in [0.1, 0.15) is 39.1 Å². The second-order valence-corrected chi connectivity index (χ2v) is 12.7. The van der Waals surface area contributed by atoms with Crippen molar-refractivity contribution in [3.8, 4) is 16.9 Å². The maximum Gasteiger partial charge on any atom is 0.337 e. The zero-order valence-corrected chi connectivity index (χ0v) is 25.2. The number of carbonyl (C=O) groups is 2. The van der Waals surface area contributed by atoms with E-state index in [2.05, 4.69) is 10.2 Å². The van der Waals surface area contributed by atoms with Gasteiger partial charge in [0.2, 0.25) is 0 Å². The Hall–Kier alpha value is -3.86. The van der Waals surface area contributed by atoms with Gasteiger partial charge in [-0.2, -0.15) is 16.8 Å². The minimum absolute atomic E-state index is 0.0247. The zero-order valence-electron chi connectivity index (χ0n) is 23.5. The summed E-state index contributed by atoms with van der Waals surface area (Å²) < 4.78 is 51.7. The van der Waals surface area contributed by atoms with E-state index in [-0.39, 0.29) is 28.6 Å². The summed E-state index contributed by atoms with van der Waals surface area (Å²) in [6.07, 6.45) is 3.29. The molecular formula is C28H35N3O10S2. The maximum atomic E-state index is 13.1. The molecule has 7 N–H and O–H groups in total. The molecule has 0 atom stereocenters. The Morgan fingerprint density at radius 1 is 0.860 bits per heavy atom. The first-order chi connectivity index (χ1) is 19.9. The van der Waals surface area contributed by atoms with Crippen molar-refractivity contribution >= 4 is 37.8 Å². The zero-order chi connectivity index (χ0) is 32.4. The third-order valence-corrected chi connectivity index (χ3v) is 5.95. The van der Waals surface area contributed by atoms with Gasteiger partial charge in [-0.15, -0.1) is 0 Å². The number of piperidine rings is 1. The van der Waals surface area contributed by atoms with Crippen LogP contribution in [0.2, 0.25) is 0 Å². The number of amides is 1. The van der Waals surface area contributed by atoms with Crippen LogP contribution in [-0.4, -0.2) is 84.6 Å². The normalized spacial score (nSPS) is 14.0. The number of phenolic OH excluding ortho intramolecular Hbond substituents is 1. The lowest BCUT2D eigenvalue weighted by molar-refractivity contribution is 0.0698. The molecule has 4 rings (SSSR count). The number of benzene rings is 3. The molecule has 0 unspecified atom stereocenters. The molecule has 0 spiro atoms. The summed E-state index contributed by atoms with van der Waals surface area (Å²) in [7, 11) is -7.33. The number of anilines is 1. The van der Waals surface area contributed by atoms with Crippen LogP contribution in [0, 0.1) is 0 Å². The standard InChI is InChI=1S/C26H27N3O4.2CH4O3S/c27-20-10-12-29(13-11-20)16-17-6-9-24(30)22(14-17)25(31)28-23-15-19(7-8-21(23)26(32)33)18-4-2-1-3-5-18;2*1-5(2,3)4/h1-9,14-15,20,30H,10-13,16,27H2,(H,28,31)(H,32,33);2*1H3,(H,2,3,4). The van der Waals surface area contributed by atoms with Crippen molar-refractivity contribution < 1.29 is 45.7 Å². The van der Waals surface area contributed by atoms with Gasteiger partial charge in [0, 0.05) is 12.6 Å². The summed E-state index contributed by atoms with van der Waals surface area (Å²) in [5.74, 6) is -1.87. The van der Waals surface area contributed by atoms with Crippen molar-refractivity contribution in [1.29, 1.82) is 0 Å². The molecule has 0 saturated carbocycles. The van der Waals surface area contributed by atoms with Crippen LogP contribution in [0.25, 0.3) is 11.1 Å². The molecule has 3 aromatic rings. The summed E-state index contributed by atoms with van der Waals surface area (Å²) in [4.78, 5) is 27.1. The molecule has 1 fully saturated rings. The third-order valence-electron chi connectivity index (χ3n) is 5.95. The second-order valence-electron chi connectivity index (χ2n) is 9.82. The minimum atomic E-state index is -3.67. The summed E-state index contributed by atoms with van der Waals surface area (Å²) in [5, 5.41) is 22.6. The predicted octanol–water partition coefficient (Wildman–Crippen LogP) is 2.94. The van der Waals surface area contributed by atoms with Gasteiger partial charge in [-0.25, -0.2) is 4.79 Å². The minimum Gasteiger partial charge on any atom is -0.507 e. The number of hydrogen-bond acceptors (Lipinski definition) is 9. The Kier molecular flexibility index (Phi) is 12.8. The molecule has 43 heavy (non-hydrogen) atoms. The Morgan fingerprint density at radius 3 is 1.95 bits per heavy atom. The van der Waals surface area contributed by atoms with E-state index in [4.69, 9.17) is 14.8 Å². The van der Waals surface area contributed by atoms with Crippen molar-refractivity contribution in [3.63, 3.8) is 0 Å². The van der Waals surface area contributed by atoms with Gasteiger partial charge in [-0.3, -0.25) is 18.8 Å². The number of aromatic hydroxyl groups is 1. The van der Waals surface area contributed by atoms with Gasteiger partial charge in [-0.05, 0) is 66.9 Å². The molecular weight excluding hydrogens is 602 g/mol. The van der Waals surface area contributed by atoms with E-state index in [0.29, 0.717) is 19.1 Å². The fourth-order valence-electron chi connectivity index (χ4n) is 4.07. The number of phenols is 1. The van der Waals surface area contributed by atoms with Gasteiger partial charge in [0.05, 0.1) is 29.3 Å². The number of nitrogens with zero attached hydrogens (tertiary/aromatic N) is 1. The van der Waals surface area contributed by atoms with E-state index in [9.17, 15) is 36.6 Å². The molecule has 234 valence electrons. The van der Waals surface area contributed by atoms with Gasteiger partial charge in [0.25, 0.3) is 26.1 Å². The lowest BCUT2D eigenvalue weighted by Gasteiger charge is -2.30. The highest BCUT2D eigenvalue weighted by atomic mass is 32.2. The number of hydrogen-bond donors (Lipinski definition) is 6. The number of carboxylic acids is 1. The molecule has 0 radical (unpaired) electrons. The molecule has 1 heterocycles. The number of rotatable bonds is 6. The molecule has 1 aliphatic heterocycles. The van der Waals surface area contributed by atoms with Crippen LogP contribution in [0.3, 0.4) is 0 Å². The van der Waals surface area contributed by atoms with Crippen LogP contribution < -0.4 is 11.1 Å². The molecule has 0 aliphatic carbocycles. The Morgan fingerprint density at radius 2 is 1.42 bits per heavy atom. The Labute approximate surface area is 250 Å². The van der Waals surface area contributed by atoms with E-state index < -0.39 is 32.1 Å². The van der Waals surface area contributed by atoms with Gasteiger partial charge in [-0.1, -0.05) is 42.5 Å². The quantitative estimate of drug-likeness (QED) is 0.215. The molecule has 13 nitrogen and oxygen atoms in total. The van der Waals surface area contributed by atoms with Gasteiger partial charge >= 0.3 is 5.97 Å². The molecule has 1 amide bonds. The van der Waals surface area contributed by atoms with Gasteiger partial charge in [0.15, 0.2) is 0 Å². The summed E-state index contributed by atoms with van der Waals surface area (Å²) >= 11 is 0. The number of nitrogens with one attached hydrogen (secondary N) is 1. The average Bonchev–Trinajstić information content (AvgIpc) is 2.89. The largest absolute Gasteiger partial charge is 0.507 e. The summed E-state index contributed by atoms with van der Waals surface area (Å²) in [6, 6.07) is 19.5. The fraction of sp³-hybridized carbons (Fsp3) is 0.286. The molecule has 1 aliphatic rings. The number of carboxylic acid groups (broad SMARTS) is 1. The second kappa shape index (κ2) is 15.6. The smallest absolute Gasteiger partial charge is 0.337 e. The van der Waals surface area contributed by atoms with Gasteiger partial charge < -0.3 is 21.3 Å². The van der Waals surface area contributed by atoms with E-state index in [1.807, 2.05) is 30.3 Å².